The largest absolute Gasteiger partial charge is 0.376 e. The van der Waals surface area contributed by atoms with Crippen LogP contribution in [-0.4, -0.2) is 41.8 Å². The van der Waals surface area contributed by atoms with Crippen molar-refractivity contribution in [1.29, 1.82) is 0 Å². The van der Waals surface area contributed by atoms with Crippen LogP contribution in [0, 0.1) is 0 Å². The van der Waals surface area contributed by atoms with Crippen LogP contribution >= 0.6 is 11.8 Å². The Morgan fingerprint density at radius 3 is 2.86 bits per heavy atom. The van der Waals surface area contributed by atoms with Crippen LogP contribution in [-0.2, 0) is 14.3 Å². The monoisotopic (exact) mass is 317 g/mol. The Balaban J connectivity index is 1.64. The number of rotatable bonds is 4. The molecule has 1 aliphatic heterocycles. The number of hydrogen-bond acceptors (Lipinski definition) is 6. The van der Waals surface area contributed by atoms with Crippen LogP contribution in [0.4, 0.5) is 5.69 Å². The molecule has 1 N–H and O–H groups in total. The first-order chi connectivity index (χ1) is 10.8. The summed E-state index contributed by atoms with van der Waals surface area (Å²) in [5.41, 5.74) is 0.674. The van der Waals surface area contributed by atoms with Crippen molar-refractivity contribution >= 4 is 23.4 Å². The van der Waals surface area contributed by atoms with E-state index < -0.39 is 6.10 Å². The molecule has 1 fully saturated rings. The highest BCUT2D eigenvalue weighted by molar-refractivity contribution is 7.99. The standard InChI is InChI=1S/C15H15N3O3S/c19-15(12-10-20-7-8-21-12)18-11-4-6-17-14(9-11)22-13-3-1-2-5-16-13/h1-6,9,12H,7-8,10H2,(H,17,18,19)/t12-/m1/s1. The Labute approximate surface area is 132 Å². The minimum atomic E-state index is -0.561. The summed E-state index contributed by atoms with van der Waals surface area (Å²) in [6.07, 6.45) is 2.82. The number of hydrogen-bond donors (Lipinski definition) is 1. The van der Waals surface area contributed by atoms with Gasteiger partial charge in [-0.2, -0.15) is 0 Å². The van der Waals surface area contributed by atoms with Crippen molar-refractivity contribution in [2.45, 2.75) is 16.2 Å². The third kappa shape index (κ3) is 4.03. The van der Waals surface area contributed by atoms with Gasteiger partial charge in [-0.25, -0.2) is 9.97 Å². The first-order valence-electron chi connectivity index (χ1n) is 6.86. The first kappa shape index (κ1) is 15.0. The number of pyridine rings is 2. The van der Waals surface area contributed by atoms with Crippen molar-refractivity contribution in [2.24, 2.45) is 0 Å². The Morgan fingerprint density at radius 2 is 2.09 bits per heavy atom. The SMILES string of the molecule is O=C(Nc1ccnc(Sc2ccccn2)c1)[C@H]1COCCO1. The molecule has 0 saturated carbocycles. The lowest BCUT2D eigenvalue weighted by Crippen LogP contribution is -2.39. The number of carbonyl (C=O) groups excluding carboxylic acids is 1. The molecule has 0 unspecified atom stereocenters. The van der Waals surface area contributed by atoms with E-state index in [1.165, 1.54) is 11.8 Å². The third-order valence-corrected chi connectivity index (χ3v) is 3.84. The number of ether oxygens (including phenoxy) is 2. The second kappa shape index (κ2) is 7.35. The van der Waals surface area contributed by atoms with Crippen LogP contribution in [0.2, 0.25) is 0 Å². The topological polar surface area (TPSA) is 73.3 Å². The maximum atomic E-state index is 12.1. The molecule has 0 aromatic carbocycles. The third-order valence-electron chi connectivity index (χ3n) is 2.96. The quantitative estimate of drug-likeness (QED) is 0.929. The zero-order valence-corrected chi connectivity index (χ0v) is 12.6. The van der Waals surface area contributed by atoms with E-state index in [4.69, 9.17) is 9.47 Å². The van der Waals surface area contributed by atoms with Crippen LogP contribution in [0.3, 0.4) is 0 Å². The summed E-state index contributed by atoms with van der Waals surface area (Å²) >= 11 is 1.43. The van der Waals surface area contributed by atoms with E-state index in [1.807, 2.05) is 18.2 Å². The number of anilines is 1. The molecule has 1 saturated heterocycles. The van der Waals surface area contributed by atoms with Crippen molar-refractivity contribution in [3.8, 4) is 0 Å². The van der Waals surface area contributed by atoms with E-state index in [9.17, 15) is 4.79 Å². The van der Waals surface area contributed by atoms with Gasteiger partial charge in [-0.15, -0.1) is 0 Å². The zero-order chi connectivity index (χ0) is 15.2. The highest BCUT2D eigenvalue weighted by Gasteiger charge is 2.22. The molecule has 0 spiro atoms. The molecule has 6 nitrogen and oxygen atoms in total. The lowest BCUT2D eigenvalue weighted by molar-refractivity contribution is -0.142. The second-order valence-corrected chi connectivity index (χ2v) is 5.62. The van der Waals surface area contributed by atoms with E-state index in [1.54, 1.807) is 24.5 Å². The number of amides is 1. The van der Waals surface area contributed by atoms with E-state index in [0.29, 0.717) is 18.9 Å². The second-order valence-electron chi connectivity index (χ2n) is 4.58. The smallest absolute Gasteiger partial charge is 0.255 e. The van der Waals surface area contributed by atoms with Gasteiger partial charge in [-0.1, -0.05) is 17.8 Å². The lowest BCUT2D eigenvalue weighted by atomic mass is 10.3. The van der Waals surface area contributed by atoms with Gasteiger partial charge in [-0.3, -0.25) is 4.79 Å². The minimum Gasteiger partial charge on any atom is -0.376 e. The summed E-state index contributed by atoms with van der Waals surface area (Å²) in [5.74, 6) is -0.209. The van der Waals surface area contributed by atoms with E-state index in [2.05, 4.69) is 15.3 Å². The van der Waals surface area contributed by atoms with Gasteiger partial charge in [0.1, 0.15) is 10.1 Å². The molecule has 0 radical (unpaired) electrons. The molecule has 114 valence electrons. The van der Waals surface area contributed by atoms with Gasteiger partial charge in [0.15, 0.2) is 6.10 Å². The van der Waals surface area contributed by atoms with Crippen molar-refractivity contribution in [3.63, 3.8) is 0 Å². The van der Waals surface area contributed by atoms with Crippen LogP contribution < -0.4 is 5.32 Å². The van der Waals surface area contributed by atoms with Crippen LogP contribution in [0.15, 0.2) is 52.8 Å². The molecule has 22 heavy (non-hydrogen) atoms. The number of nitrogens with one attached hydrogen (secondary N) is 1. The van der Waals surface area contributed by atoms with Crippen molar-refractivity contribution in [2.75, 3.05) is 25.1 Å². The van der Waals surface area contributed by atoms with Crippen molar-refractivity contribution in [3.05, 3.63) is 42.7 Å². The summed E-state index contributed by atoms with van der Waals surface area (Å²) in [7, 11) is 0. The van der Waals surface area contributed by atoms with E-state index >= 15 is 0 Å². The minimum absolute atomic E-state index is 0.209. The number of aromatic nitrogens is 2. The van der Waals surface area contributed by atoms with Crippen molar-refractivity contribution in [1.82, 2.24) is 9.97 Å². The molecule has 1 aliphatic rings. The predicted molar refractivity (Wildman–Crippen MR) is 81.8 cm³/mol. The number of carbonyl (C=O) groups is 1. The normalized spacial score (nSPS) is 17.9. The van der Waals surface area contributed by atoms with Gasteiger partial charge in [-0.05, 0) is 24.3 Å². The number of nitrogens with zero attached hydrogens (tertiary/aromatic N) is 2. The molecule has 2 aromatic heterocycles. The van der Waals surface area contributed by atoms with Gasteiger partial charge in [0.05, 0.1) is 19.8 Å². The predicted octanol–water partition coefficient (Wildman–Crippen LogP) is 1.98. The molecule has 3 rings (SSSR count). The molecule has 0 aliphatic carbocycles. The van der Waals surface area contributed by atoms with Crippen molar-refractivity contribution < 1.29 is 14.3 Å². The fourth-order valence-corrected chi connectivity index (χ4v) is 2.69. The van der Waals surface area contributed by atoms with Crippen LogP contribution in [0.5, 0.6) is 0 Å². The zero-order valence-electron chi connectivity index (χ0n) is 11.8. The Morgan fingerprint density at radius 1 is 1.18 bits per heavy atom. The molecular formula is C15H15N3O3S. The van der Waals surface area contributed by atoms with Gasteiger partial charge in [0, 0.05) is 18.1 Å². The van der Waals surface area contributed by atoms with Gasteiger partial charge in [0.2, 0.25) is 0 Å². The van der Waals surface area contributed by atoms with Crippen LogP contribution in [0.25, 0.3) is 0 Å². The lowest BCUT2D eigenvalue weighted by Gasteiger charge is -2.22. The summed E-state index contributed by atoms with van der Waals surface area (Å²) in [6, 6.07) is 9.23. The summed E-state index contributed by atoms with van der Waals surface area (Å²) in [6.45, 7) is 1.26. The summed E-state index contributed by atoms with van der Waals surface area (Å²) < 4.78 is 10.6. The average molecular weight is 317 g/mol. The van der Waals surface area contributed by atoms with E-state index in [0.717, 1.165) is 10.1 Å². The summed E-state index contributed by atoms with van der Waals surface area (Å²) in [5, 5.41) is 4.43. The maximum absolute atomic E-state index is 12.1. The van der Waals surface area contributed by atoms with Gasteiger partial charge < -0.3 is 14.8 Å². The van der Waals surface area contributed by atoms with Crippen LogP contribution in [0.1, 0.15) is 0 Å². The average Bonchev–Trinajstić information content (AvgIpc) is 2.57. The van der Waals surface area contributed by atoms with E-state index in [-0.39, 0.29) is 12.5 Å². The molecule has 1 atom stereocenters. The highest BCUT2D eigenvalue weighted by atomic mass is 32.2. The summed E-state index contributed by atoms with van der Waals surface area (Å²) in [4.78, 5) is 20.6. The fourth-order valence-electron chi connectivity index (χ4n) is 1.92. The molecular weight excluding hydrogens is 302 g/mol. The molecule has 7 heteroatoms. The molecule has 2 aromatic rings. The first-order valence-corrected chi connectivity index (χ1v) is 7.68. The highest BCUT2D eigenvalue weighted by Crippen LogP contribution is 2.25. The Hall–Kier alpha value is -1.96. The van der Waals surface area contributed by atoms with Gasteiger partial charge >= 0.3 is 0 Å². The Bertz CT molecular complexity index is 633. The molecule has 1 amide bonds. The molecule has 3 heterocycles. The molecule has 0 bridgehead atoms. The van der Waals surface area contributed by atoms with Gasteiger partial charge in [0.25, 0.3) is 5.91 Å². The Kier molecular flexibility index (Phi) is 4.99. The maximum Gasteiger partial charge on any atom is 0.255 e. The fraction of sp³-hybridized carbons (Fsp3) is 0.267.